The Kier molecular flexibility index (Phi) is 6.06. The average molecular weight is 238 g/mol. The third-order valence-electron chi connectivity index (χ3n) is 2.07. The fourth-order valence-electron chi connectivity index (χ4n) is 1.23. The number of hydrogen-bond donors (Lipinski definition) is 2. The summed E-state index contributed by atoms with van der Waals surface area (Å²) < 4.78 is 10.3. The molecule has 0 atom stereocenters. The zero-order valence-corrected chi connectivity index (χ0v) is 9.94. The summed E-state index contributed by atoms with van der Waals surface area (Å²) in [5.74, 6) is 0.666. The van der Waals surface area contributed by atoms with Crippen LogP contribution in [0, 0.1) is 0 Å². The van der Waals surface area contributed by atoms with Gasteiger partial charge in [-0.25, -0.2) is 0 Å². The van der Waals surface area contributed by atoms with Crippen LogP contribution in [0.25, 0.3) is 0 Å². The molecule has 0 saturated heterocycles. The Balaban J connectivity index is 2.41. The molecular weight excluding hydrogens is 220 g/mol. The maximum atomic E-state index is 11.3. The SMILES string of the molecule is COCCOc1ccc(NC(=O)CCN)cc1. The van der Waals surface area contributed by atoms with Gasteiger partial charge < -0.3 is 20.5 Å². The average Bonchev–Trinajstić information content (AvgIpc) is 2.32. The lowest BCUT2D eigenvalue weighted by molar-refractivity contribution is -0.116. The molecule has 3 N–H and O–H groups in total. The minimum absolute atomic E-state index is 0.0828. The van der Waals surface area contributed by atoms with Crippen molar-refractivity contribution in [2.45, 2.75) is 6.42 Å². The number of hydrogen-bond acceptors (Lipinski definition) is 4. The van der Waals surface area contributed by atoms with Crippen LogP contribution in [0.3, 0.4) is 0 Å². The second kappa shape index (κ2) is 7.65. The van der Waals surface area contributed by atoms with E-state index in [9.17, 15) is 4.79 Å². The topological polar surface area (TPSA) is 73.6 Å². The highest BCUT2D eigenvalue weighted by molar-refractivity contribution is 5.90. The highest BCUT2D eigenvalue weighted by Gasteiger charge is 2.00. The molecule has 0 unspecified atom stereocenters. The predicted molar refractivity (Wildman–Crippen MR) is 66.1 cm³/mol. The van der Waals surface area contributed by atoms with Gasteiger partial charge in [-0.2, -0.15) is 0 Å². The van der Waals surface area contributed by atoms with Crippen molar-refractivity contribution in [3.8, 4) is 5.75 Å². The van der Waals surface area contributed by atoms with E-state index in [0.717, 1.165) is 11.4 Å². The summed E-state index contributed by atoms with van der Waals surface area (Å²) in [5.41, 5.74) is 6.02. The second-order valence-electron chi connectivity index (χ2n) is 3.45. The van der Waals surface area contributed by atoms with Crippen molar-refractivity contribution >= 4 is 11.6 Å². The van der Waals surface area contributed by atoms with Crippen molar-refractivity contribution in [3.63, 3.8) is 0 Å². The molecule has 0 aliphatic carbocycles. The minimum atomic E-state index is -0.0828. The molecule has 0 bridgehead atoms. The van der Waals surface area contributed by atoms with E-state index in [2.05, 4.69) is 5.32 Å². The molecule has 1 aromatic rings. The monoisotopic (exact) mass is 238 g/mol. The van der Waals surface area contributed by atoms with Gasteiger partial charge in [0.05, 0.1) is 6.61 Å². The van der Waals surface area contributed by atoms with Crippen LogP contribution >= 0.6 is 0 Å². The number of nitrogens with two attached hydrogens (primary N) is 1. The molecule has 1 amide bonds. The quantitative estimate of drug-likeness (QED) is 0.695. The first kappa shape index (κ1) is 13.5. The normalized spacial score (nSPS) is 10.0. The van der Waals surface area contributed by atoms with Gasteiger partial charge in [-0.05, 0) is 24.3 Å². The van der Waals surface area contributed by atoms with E-state index in [1.54, 1.807) is 31.4 Å². The molecule has 0 saturated carbocycles. The van der Waals surface area contributed by atoms with Crippen LogP contribution in [0.1, 0.15) is 6.42 Å². The zero-order valence-electron chi connectivity index (χ0n) is 9.94. The van der Waals surface area contributed by atoms with E-state index in [1.807, 2.05) is 0 Å². The Bertz CT molecular complexity index is 338. The molecule has 0 spiro atoms. The number of benzene rings is 1. The van der Waals surface area contributed by atoms with Crippen molar-refractivity contribution < 1.29 is 14.3 Å². The summed E-state index contributed by atoms with van der Waals surface area (Å²) in [6, 6.07) is 7.18. The molecule has 1 aromatic carbocycles. The molecular formula is C12H18N2O3. The first-order valence-corrected chi connectivity index (χ1v) is 5.48. The number of carbonyl (C=O) groups excluding carboxylic acids is 1. The first-order valence-electron chi connectivity index (χ1n) is 5.48. The Morgan fingerprint density at radius 2 is 2.00 bits per heavy atom. The molecule has 0 fully saturated rings. The largest absolute Gasteiger partial charge is 0.491 e. The number of anilines is 1. The molecule has 5 heteroatoms. The fraction of sp³-hybridized carbons (Fsp3) is 0.417. The predicted octanol–water partition coefficient (Wildman–Crippen LogP) is 0.999. The number of ether oxygens (including phenoxy) is 2. The number of amides is 1. The van der Waals surface area contributed by atoms with Crippen LogP contribution in [0.5, 0.6) is 5.75 Å². The fourth-order valence-corrected chi connectivity index (χ4v) is 1.23. The molecule has 1 rings (SSSR count). The lowest BCUT2D eigenvalue weighted by Gasteiger charge is -2.07. The molecule has 0 aliphatic rings. The van der Waals surface area contributed by atoms with Gasteiger partial charge in [-0.3, -0.25) is 4.79 Å². The van der Waals surface area contributed by atoms with E-state index in [4.69, 9.17) is 15.2 Å². The lowest BCUT2D eigenvalue weighted by Crippen LogP contribution is -2.16. The third kappa shape index (κ3) is 5.33. The number of methoxy groups -OCH3 is 1. The molecule has 0 aromatic heterocycles. The van der Waals surface area contributed by atoms with Gasteiger partial charge >= 0.3 is 0 Å². The summed E-state index contributed by atoms with van der Waals surface area (Å²) in [6.07, 6.45) is 0.325. The number of nitrogens with one attached hydrogen (secondary N) is 1. The van der Waals surface area contributed by atoms with Gasteiger partial charge in [0, 0.05) is 25.8 Å². The maximum absolute atomic E-state index is 11.3. The Hall–Kier alpha value is -1.59. The van der Waals surface area contributed by atoms with Crippen molar-refractivity contribution in [1.29, 1.82) is 0 Å². The Labute approximate surface area is 101 Å². The van der Waals surface area contributed by atoms with Gasteiger partial charge in [-0.1, -0.05) is 0 Å². The minimum Gasteiger partial charge on any atom is -0.491 e. The Morgan fingerprint density at radius 1 is 1.29 bits per heavy atom. The van der Waals surface area contributed by atoms with Crippen LogP contribution in [0.15, 0.2) is 24.3 Å². The first-order chi connectivity index (χ1) is 8.26. The Morgan fingerprint density at radius 3 is 2.59 bits per heavy atom. The smallest absolute Gasteiger partial charge is 0.225 e. The van der Waals surface area contributed by atoms with Crippen molar-refractivity contribution in [2.75, 3.05) is 32.2 Å². The van der Waals surface area contributed by atoms with Crippen molar-refractivity contribution in [3.05, 3.63) is 24.3 Å². The zero-order chi connectivity index (χ0) is 12.5. The molecule has 0 aliphatic heterocycles. The van der Waals surface area contributed by atoms with Gasteiger partial charge in [0.15, 0.2) is 0 Å². The lowest BCUT2D eigenvalue weighted by atomic mass is 10.3. The summed E-state index contributed by atoms with van der Waals surface area (Å²) in [4.78, 5) is 11.3. The van der Waals surface area contributed by atoms with Crippen LogP contribution in [-0.2, 0) is 9.53 Å². The molecule has 0 radical (unpaired) electrons. The van der Waals surface area contributed by atoms with Crippen LogP contribution in [-0.4, -0.2) is 32.8 Å². The van der Waals surface area contributed by atoms with Crippen LogP contribution in [0.4, 0.5) is 5.69 Å². The summed E-state index contributed by atoms with van der Waals surface area (Å²) in [6.45, 7) is 1.41. The van der Waals surface area contributed by atoms with E-state index in [0.29, 0.717) is 26.2 Å². The molecule has 17 heavy (non-hydrogen) atoms. The van der Waals surface area contributed by atoms with Gasteiger partial charge in [0.2, 0.25) is 5.91 Å². The highest BCUT2D eigenvalue weighted by Crippen LogP contribution is 2.15. The summed E-state index contributed by atoms with van der Waals surface area (Å²) in [7, 11) is 1.62. The van der Waals surface area contributed by atoms with Crippen molar-refractivity contribution in [1.82, 2.24) is 0 Å². The molecule has 94 valence electrons. The van der Waals surface area contributed by atoms with E-state index in [1.165, 1.54) is 0 Å². The number of carbonyl (C=O) groups is 1. The van der Waals surface area contributed by atoms with E-state index < -0.39 is 0 Å². The second-order valence-corrected chi connectivity index (χ2v) is 3.45. The molecule has 0 heterocycles. The van der Waals surface area contributed by atoms with Crippen LogP contribution < -0.4 is 15.8 Å². The standard InChI is InChI=1S/C12H18N2O3/c1-16-8-9-17-11-4-2-10(3-5-11)14-12(15)6-7-13/h2-5H,6-9,13H2,1H3,(H,14,15). The van der Waals surface area contributed by atoms with Gasteiger partial charge in [0.1, 0.15) is 12.4 Å². The summed E-state index contributed by atoms with van der Waals surface area (Å²) in [5, 5.41) is 2.74. The third-order valence-corrected chi connectivity index (χ3v) is 2.07. The van der Waals surface area contributed by atoms with Gasteiger partial charge in [0.25, 0.3) is 0 Å². The highest BCUT2D eigenvalue weighted by atomic mass is 16.5. The number of rotatable bonds is 7. The van der Waals surface area contributed by atoms with Crippen molar-refractivity contribution in [2.24, 2.45) is 5.73 Å². The van der Waals surface area contributed by atoms with E-state index in [-0.39, 0.29) is 5.91 Å². The van der Waals surface area contributed by atoms with E-state index >= 15 is 0 Å². The summed E-state index contributed by atoms with van der Waals surface area (Å²) >= 11 is 0. The van der Waals surface area contributed by atoms with Crippen LogP contribution in [0.2, 0.25) is 0 Å². The van der Waals surface area contributed by atoms with Gasteiger partial charge in [-0.15, -0.1) is 0 Å². The molecule has 5 nitrogen and oxygen atoms in total. The maximum Gasteiger partial charge on any atom is 0.225 e.